The van der Waals surface area contributed by atoms with Gasteiger partial charge in [0.2, 0.25) is 11.8 Å². The molecule has 23 heavy (non-hydrogen) atoms. The minimum Gasteiger partial charge on any atom is -0.376 e. The number of aromatic nitrogens is 1. The maximum atomic E-state index is 12.2. The predicted molar refractivity (Wildman–Crippen MR) is 92.7 cm³/mol. The highest BCUT2D eigenvalue weighted by molar-refractivity contribution is 7.10. The molecule has 0 saturated carbocycles. The van der Waals surface area contributed by atoms with E-state index in [0.29, 0.717) is 5.82 Å². The van der Waals surface area contributed by atoms with Crippen LogP contribution in [0.25, 0.3) is 0 Å². The summed E-state index contributed by atoms with van der Waals surface area (Å²) in [4.78, 5) is 30.6. The topological polar surface area (TPSA) is 74.3 Å². The maximum Gasteiger partial charge on any atom is 0.227 e. The van der Waals surface area contributed by atoms with Gasteiger partial charge < -0.3 is 15.5 Å². The van der Waals surface area contributed by atoms with E-state index >= 15 is 0 Å². The molecule has 0 saturated heterocycles. The number of nitrogens with zero attached hydrogens (tertiary/aromatic N) is 2. The van der Waals surface area contributed by atoms with Crippen molar-refractivity contribution >= 4 is 34.7 Å². The molecular weight excluding hydrogens is 312 g/mol. The van der Waals surface area contributed by atoms with Crippen LogP contribution in [0.15, 0.2) is 35.8 Å². The first-order valence-corrected chi connectivity index (χ1v) is 8.07. The van der Waals surface area contributed by atoms with E-state index in [1.807, 2.05) is 42.6 Å². The zero-order valence-corrected chi connectivity index (χ0v) is 14.2. The molecule has 2 amide bonds. The Morgan fingerprint density at radius 2 is 2.09 bits per heavy atom. The summed E-state index contributed by atoms with van der Waals surface area (Å²) in [5.41, 5.74) is 0.956. The van der Waals surface area contributed by atoms with Crippen molar-refractivity contribution in [2.45, 2.75) is 19.4 Å². The van der Waals surface area contributed by atoms with Crippen molar-refractivity contribution in [3.8, 4) is 0 Å². The molecule has 2 heterocycles. The third-order valence-electron chi connectivity index (χ3n) is 3.19. The number of nitrogens with one attached hydrogen (secondary N) is 2. The second-order valence-electron chi connectivity index (χ2n) is 5.32. The molecular formula is C16H20N4O2S. The lowest BCUT2D eigenvalue weighted by molar-refractivity contribution is -0.120. The van der Waals surface area contributed by atoms with Gasteiger partial charge in [-0.3, -0.25) is 9.59 Å². The smallest absolute Gasteiger partial charge is 0.227 e. The predicted octanol–water partition coefficient (Wildman–Crippen LogP) is 2.42. The molecule has 0 bridgehead atoms. The van der Waals surface area contributed by atoms with Gasteiger partial charge in [-0.25, -0.2) is 4.98 Å². The molecule has 0 aliphatic rings. The number of carbonyl (C=O) groups is 2. The Morgan fingerprint density at radius 3 is 2.61 bits per heavy atom. The number of carbonyl (C=O) groups excluding carboxylic acids is 2. The van der Waals surface area contributed by atoms with Crippen LogP contribution in [-0.4, -0.2) is 30.9 Å². The Kier molecular flexibility index (Phi) is 5.70. The van der Waals surface area contributed by atoms with E-state index in [1.54, 1.807) is 12.3 Å². The van der Waals surface area contributed by atoms with Gasteiger partial charge in [-0.05, 0) is 23.6 Å². The molecule has 0 unspecified atom stereocenters. The summed E-state index contributed by atoms with van der Waals surface area (Å²) >= 11 is 1.51. The van der Waals surface area contributed by atoms with Crippen molar-refractivity contribution in [1.82, 2.24) is 10.3 Å². The number of amides is 2. The number of rotatable bonds is 6. The van der Waals surface area contributed by atoms with E-state index in [2.05, 4.69) is 15.6 Å². The number of hydrogen-bond acceptors (Lipinski definition) is 5. The van der Waals surface area contributed by atoms with Gasteiger partial charge in [0.15, 0.2) is 0 Å². The maximum absolute atomic E-state index is 12.2. The lowest BCUT2D eigenvalue weighted by Gasteiger charge is -2.16. The van der Waals surface area contributed by atoms with E-state index in [0.717, 1.165) is 10.6 Å². The number of thiophene rings is 1. The second-order valence-corrected chi connectivity index (χ2v) is 6.30. The highest BCUT2D eigenvalue weighted by atomic mass is 32.1. The standard InChI is InChI=1S/C16H20N4O2S/c1-11(21)18-13(14-5-4-8-23-14)9-16(22)19-15-7-6-12(10-17-15)20(2)3/h4-8,10,13H,9H2,1-3H3,(H,18,21)(H,17,19,22)/t13-/m0/s1. The third-order valence-corrected chi connectivity index (χ3v) is 4.17. The summed E-state index contributed by atoms with van der Waals surface area (Å²) in [6, 6.07) is 7.11. The van der Waals surface area contributed by atoms with Crippen LogP contribution in [0.5, 0.6) is 0 Å². The van der Waals surface area contributed by atoms with Crippen LogP contribution in [0.2, 0.25) is 0 Å². The molecule has 2 rings (SSSR count). The quantitative estimate of drug-likeness (QED) is 0.852. The highest BCUT2D eigenvalue weighted by Crippen LogP contribution is 2.22. The molecule has 0 aliphatic carbocycles. The Balaban J connectivity index is 2.00. The number of anilines is 2. The van der Waals surface area contributed by atoms with Gasteiger partial charge in [-0.2, -0.15) is 0 Å². The molecule has 7 heteroatoms. The normalized spacial score (nSPS) is 11.6. The van der Waals surface area contributed by atoms with E-state index in [9.17, 15) is 9.59 Å². The summed E-state index contributed by atoms with van der Waals surface area (Å²) in [5.74, 6) is 0.139. The first-order chi connectivity index (χ1) is 11.0. The van der Waals surface area contributed by atoms with Crippen LogP contribution in [0.1, 0.15) is 24.3 Å². The van der Waals surface area contributed by atoms with Crippen molar-refractivity contribution in [3.63, 3.8) is 0 Å². The summed E-state index contributed by atoms with van der Waals surface area (Å²) in [7, 11) is 3.85. The largest absolute Gasteiger partial charge is 0.376 e. The Labute approximate surface area is 139 Å². The van der Waals surface area contributed by atoms with Crippen molar-refractivity contribution in [1.29, 1.82) is 0 Å². The van der Waals surface area contributed by atoms with E-state index in [1.165, 1.54) is 18.3 Å². The molecule has 0 aromatic carbocycles. The average Bonchev–Trinajstić information content (AvgIpc) is 3.00. The van der Waals surface area contributed by atoms with Crippen molar-refractivity contribution in [3.05, 3.63) is 40.7 Å². The van der Waals surface area contributed by atoms with Gasteiger partial charge in [0.25, 0.3) is 0 Å². The molecule has 2 aromatic rings. The fourth-order valence-corrected chi connectivity index (χ4v) is 2.84. The molecule has 1 atom stereocenters. The zero-order chi connectivity index (χ0) is 16.8. The van der Waals surface area contributed by atoms with Gasteiger partial charge in [0, 0.05) is 25.9 Å². The number of pyridine rings is 1. The monoisotopic (exact) mass is 332 g/mol. The molecule has 0 radical (unpaired) electrons. The molecule has 0 fully saturated rings. The highest BCUT2D eigenvalue weighted by Gasteiger charge is 2.18. The minimum absolute atomic E-state index is 0.162. The summed E-state index contributed by atoms with van der Waals surface area (Å²) < 4.78 is 0. The average molecular weight is 332 g/mol. The first-order valence-electron chi connectivity index (χ1n) is 7.19. The SMILES string of the molecule is CC(=O)N[C@@H](CC(=O)Nc1ccc(N(C)C)cn1)c1cccs1. The van der Waals surface area contributed by atoms with Crippen LogP contribution >= 0.6 is 11.3 Å². The Morgan fingerprint density at radius 1 is 1.30 bits per heavy atom. The van der Waals surface area contributed by atoms with E-state index in [-0.39, 0.29) is 24.3 Å². The van der Waals surface area contributed by atoms with Gasteiger partial charge in [0.1, 0.15) is 5.82 Å². The van der Waals surface area contributed by atoms with Gasteiger partial charge in [-0.15, -0.1) is 11.3 Å². The third kappa shape index (κ3) is 5.07. The summed E-state index contributed by atoms with van der Waals surface area (Å²) in [6.45, 7) is 1.44. The molecule has 0 spiro atoms. The van der Waals surface area contributed by atoms with Gasteiger partial charge in [0.05, 0.1) is 24.3 Å². The second kappa shape index (κ2) is 7.73. The molecule has 6 nitrogen and oxygen atoms in total. The fraction of sp³-hybridized carbons (Fsp3) is 0.312. The number of hydrogen-bond donors (Lipinski definition) is 2. The molecule has 122 valence electrons. The van der Waals surface area contributed by atoms with Crippen LogP contribution in [0.4, 0.5) is 11.5 Å². The van der Waals surface area contributed by atoms with Crippen molar-refractivity contribution in [2.24, 2.45) is 0 Å². The van der Waals surface area contributed by atoms with Gasteiger partial charge >= 0.3 is 0 Å². The van der Waals surface area contributed by atoms with E-state index < -0.39 is 0 Å². The molecule has 0 aliphatic heterocycles. The zero-order valence-electron chi connectivity index (χ0n) is 13.4. The van der Waals surface area contributed by atoms with Crippen molar-refractivity contribution in [2.75, 3.05) is 24.3 Å². The lowest BCUT2D eigenvalue weighted by Crippen LogP contribution is -2.29. The van der Waals surface area contributed by atoms with Crippen LogP contribution in [0, 0.1) is 0 Å². The fourth-order valence-electron chi connectivity index (χ4n) is 2.06. The lowest BCUT2D eigenvalue weighted by atomic mass is 10.1. The Hall–Kier alpha value is -2.41. The summed E-state index contributed by atoms with van der Waals surface area (Å²) in [5, 5.41) is 7.49. The molecule has 2 aromatic heterocycles. The molecule has 2 N–H and O–H groups in total. The van der Waals surface area contributed by atoms with Gasteiger partial charge in [-0.1, -0.05) is 6.07 Å². The summed E-state index contributed by atoms with van der Waals surface area (Å²) in [6.07, 6.45) is 1.86. The van der Waals surface area contributed by atoms with Crippen LogP contribution in [0.3, 0.4) is 0 Å². The minimum atomic E-state index is -0.325. The first kappa shape index (κ1) is 17.0. The van der Waals surface area contributed by atoms with Crippen molar-refractivity contribution < 1.29 is 9.59 Å². The van der Waals surface area contributed by atoms with Crippen LogP contribution in [-0.2, 0) is 9.59 Å². The van der Waals surface area contributed by atoms with E-state index in [4.69, 9.17) is 0 Å². The Bertz CT molecular complexity index is 653. The van der Waals surface area contributed by atoms with Crippen LogP contribution < -0.4 is 15.5 Å².